The third kappa shape index (κ3) is 4.06. The Morgan fingerprint density at radius 2 is 2.00 bits per heavy atom. The van der Waals surface area contributed by atoms with Crippen LogP contribution in [0, 0.1) is 0 Å². The molecular weight excluding hydrogens is 472 g/mol. The van der Waals surface area contributed by atoms with Crippen LogP contribution in [0.1, 0.15) is 17.2 Å². The zero-order valence-corrected chi connectivity index (χ0v) is 16.6. The Bertz CT molecular complexity index is 888. The standard InChI is InChI=1S/C16H12Br2N4O2S/c17-9-5-8(14(23)11(18)6-9)7-19-12-4-2-1-3-10(12)13-15(24)20-16(25)22-21-13/h1-7,13,21,23H,(H2,20,22,24,25). The minimum atomic E-state index is -0.636. The van der Waals surface area contributed by atoms with Crippen LogP contribution >= 0.6 is 44.1 Å². The van der Waals surface area contributed by atoms with E-state index in [0.717, 1.165) is 4.47 Å². The Labute approximate surface area is 166 Å². The van der Waals surface area contributed by atoms with Gasteiger partial charge in [0, 0.05) is 21.8 Å². The smallest absolute Gasteiger partial charge is 0.249 e. The van der Waals surface area contributed by atoms with Gasteiger partial charge in [0.1, 0.15) is 11.8 Å². The van der Waals surface area contributed by atoms with E-state index in [9.17, 15) is 9.90 Å². The molecule has 128 valence electrons. The minimum absolute atomic E-state index is 0.0879. The number of hydrazine groups is 1. The molecule has 0 radical (unpaired) electrons. The first-order valence-electron chi connectivity index (χ1n) is 7.13. The summed E-state index contributed by atoms with van der Waals surface area (Å²) in [5.41, 5.74) is 7.41. The fraction of sp³-hybridized carbons (Fsp3) is 0.0625. The topological polar surface area (TPSA) is 85.8 Å². The molecule has 6 nitrogen and oxygen atoms in total. The highest BCUT2D eigenvalue weighted by molar-refractivity contribution is 9.11. The van der Waals surface area contributed by atoms with E-state index in [1.165, 1.54) is 0 Å². The lowest BCUT2D eigenvalue weighted by Crippen LogP contribution is -2.57. The highest BCUT2D eigenvalue weighted by Crippen LogP contribution is 2.32. The van der Waals surface area contributed by atoms with Gasteiger partial charge in [-0.25, -0.2) is 5.43 Å². The summed E-state index contributed by atoms with van der Waals surface area (Å²) in [7, 11) is 0. The van der Waals surface area contributed by atoms with Crippen LogP contribution in [0.15, 0.2) is 50.3 Å². The van der Waals surface area contributed by atoms with Crippen molar-refractivity contribution in [2.45, 2.75) is 6.04 Å². The molecule has 2 aromatic carbocycles. The van der Waals surface area contributed by atoms with E-state index in [-0.39, 0.29) is 16.8 Å². The average Bonchev–Trinajstić information content (AvgIpc) is 2.57. The Hall–Kier alpha value is -1.81. The molecule has 0 aromatic heterocycles. The van der Waals surface area contributed by atoms with Crippen LogP contribution in [0.4, 0.5) is 5.69 Å². The van der Waals surface area contributed by atoms with Crippen molar-refractivity contribution in [1.29, 1.82) is 0 Å². The molecule has 1 fully saturated rings. The molecule has 4 N–H and O–H groups in total. The van der Waals surface area contributed by atoms with E-state index in [1.54, 1.807) is 30.5 Å². The first-order valence-corrected chi connectivity index (χ1v) is 9.12. The number of thiocarbonyl (C=S) groups is 1. The molecule has 1 atom stereocenters. The fourth-order valence-electron chi connectivity index (χ4n) is 2.31. The quantitative estimate of drug-likeness (QED) is 0.398. The molecular formula is C16H12Br2N4O2S. The Kier molecular flexibility index (Phi) is 5.48. The Morgan fingerprint density at radius 3 is 2.76 bits per heavy atom. The number of hydrogen-bond donors (Lipinski definition) is 4. The summed E-state index contributed by atoms with van der Waals surface area (Å²) in [5, 5.41) is 12.9. The number of halogens is 2. The maximum atomic E-state index is 12.2. The van der Waals surface area contributed by atoms with Gasteiger partial charge in [0.25, 0.3) is 0 Å². The summed E-state index contributed by atoms with van der Waals surface area (Å²) >= 11 is 11.6. The van der Waals surface area contributed by atoms with Crippen molar-refractivity contribution in [3.63, 3.8) is 0 Å². The van der Waals surface area contributed by atoms with Gasteiger partial charge in [-0.2, -0.15) is 0 Å². The summed E-state index contributed by atoms with van der Waals surface area (Å²) in [6.07, 6.45) is 1.54. The number of carbonyl (C=O) groups excluding carboxylic acids is 1. The van der Waals surface area contributed by atoms with Gasteiger partial charge in [-0.1, -0.05) is 34.1 Å². The lowest BCUT2D eigenvalue weighted by molar-refractivity contribution is -0.122. The van der Waals surface area contributed by atoms with Crippen LogP contribution in [-0.4, -0.2) is 22.3 Å². The molecule has 1 saturated heterocycles. The van der Waals surface area contributed by atoms with E-state index in [4.69, 9.17) is 12.2 Å². The summed E-state index contributed by atoms with van der Waals surface area (Å²) in [4.78, 5) is 16.6. The van der Waals surface area contributed by atoms with Gasteiger partial charge < -0.3 is 10.4 Å². The number of nitrogens with one attached hydrogen (secondary N) is 3. The second-order valence-corrected chi connectivity index (χ2v) is 7.34. The number of phenolic OH excluding ortho intramolecular Hbond substituents is 1. The number of amides is 1. The zero-order valence-electron chi connectivity index (χ0n) is 12.6. The monoisotopic (exact) mass is 482 g/mol. The summed E-state index contributed by atoms with van der Waals surface area (Å²) < 4.78 is 1.36. The molecule has 0 bridgehead atoms. The van der Waals surface area contributed by atoms with E-state index in [2.05, 4.69) is 53.0 Å². The molecule has 1 amide bonds. The highest BCUT2D eigenvalue weighted by atomic mass is 79.9. The number of rotatable bonds is 3. The van der Waals surface area contributed by atoms with Crippen LogP contribution < -0.4 is 16.2 Å². The van der Waals surface area contributed by atoms with Crippen molar-refractivity contribution >= 4 is 67.0 Å². The molecule has 9 heteroatoms. The van der Waals surface area contributed by atoms with Crippen LogP contribution in [0.2, 0.25) is 0 Å². The van der Waals surface area contributed by atoms with Crippen molar-refractivity contribution in [3.8, 4) is 5.75 Å². The van der Waals surface area contributed by atoms with Crippen LogP contribution in [0.25, 0.3) is 0 Å². The van der Waals surface area contributed by atoms with Crippen LogP contribution in [0.3, 0.4) is 0 Å². The SMILES string of the molecule is O=C1NC(=S)NNC1c1ccccc1N=Cc1cc(Br)cc(Br)c1O. The van der Waals surface area contributed by atoms with Gasteiger partial charge in [0.15, 0.2) is 5.11 Å². The number of nitrogens with zero attached hydrogens (tertiary/aromatic N) is 1. The molecule has 1 heterocycles. The average molecular weight is 484 g/mol. The number of phenols is 1. The molecule has 0 saturated carbocycles. The maximum absolute atomic E-state index is 12.2. The molecule has 0 aliphatic carbocycles. The van der Waals surface area contributed by atoms with Gasteiger partial charge >= 0.3 is 0 Å². The number of para-hydroxylation sites is 1. The maximum Gasteiger partial charge on any atom is 0.249 e. The van der Waals surface area contributed by atoms with Gasteiger partial charge in [-0.15, -0.1) is 0 Å². The lowest BCUT2D eigenvalue weighted by Gasteiger charge is -2.26. The molecule has 3 rings (SSSR count). The summed E-state index contributed by atoms with van der Waals surface area (Å²) in [6, 6.07) is 10.1. The second-order valence-electron chi connectivity index (χ2n) is 5.16. The molecule has 0 spiro atoms. The van der Waals surface area contributed by atoms with E-state index < -0.39 is 6.04 Å². The normalized spacial score (nSPS) is 17.4. The molecule has 1 aliphatic heterocycles. The summed E-state index contributed by atoms with van der Waals surface area (Å²) in [5.74, 6) is -0.176. The van der Waals surface area contributed by atoms with Gasteiger partial charge in [0.05, 0.1) is 10.2 Å². The van der Waals surface area contributed by atoms with Crippen molar-refractivity contribution in [2.24, 2.45) is 4.99 Å². The summed E-state index contributed by atoms with van der Waals surface area (Å²) in [6.45, 7) is 0. The van der Waals surface area contributed by atoms with Crippen molar-refractivity contribution in [2.75, 3.05) is 0 Å². The van der Waals surface area contributed by atoms with Gasteiger partial charge in [-0.05, 0) is 46.3 Å². The highest BCUT2D eigenvalue weighted by Gasteiger charge is 2.27. The minimum Gasteiger partial charge on any atom is -0.506 e. The first kappa shape index (κ1) is 18.0. The van der Waals surface area contributed by atoms with Gasteiger partial charge in [0.2, 0.25) is 5.91 Å². The molecule has 1 unspecified atom stereocenters. The van der Waals surface area contributed by atoms with Crippen LogP contribution in [0.5, 0.6) is 5.75 Å². The Balaban J connectivity index is 1.94. The van der Waals surface area contributed by atoms with Crippen molar-refractivity contribution in [3.05, 3.63) is 56.5 Å². The fourth-order valence-corrected chi connectivity index (χ4v) is 3.73. The Morgan fingerprint density at radius 1 is 1.24 bits per heavy atom. The third-order valence-corrected chi connectivity index (χ3v) is 4.74. The largest absolute Gasteiger partial charge is 0.506 e. The number of hydrogen-bond acceptors (Lipinski definition) is 5. The van der Waals surface area contributed by atoms with E-state index in [0.29, 0.717) is 21.3 Å². The van der Waals surface area contributed by atoms with Crippen molar-refractivity contribution in [1.82, 2.24) is 16.2 Å². The number of aromatic hydroxyl groups is 1. The van der Waals surface area contributed by atoms with Crippen LogP contribution in [-0.2, 0) is 4.79 Å². The first-order chi connectivity index (χ1) is 12.0. The number of aliphatic imine (C=N–C) groups is 1. The number of benzene rings is 2. The van der Waals surface area contributed by atoms with E-state index in [1.807, 2.05) is 12.1 Å². The van der Waals surface area contributed by atoms with Crippen molar-refractivity contribution < 1.29 is 9.90 Å². The molecule has 2 aromatic rings. The zero-order chi connectivity index (χ0) is 18.0. The lowest BCUT2D eigenvalue weighted by atomic mass is 10.0. The van der Waals surface area contributed by atoms with Gasteiger partial charge in [-0.3, -0.25) is 15.2 Å². The molecule has 1 aliphatic rings. The van der Waals surface area contributed by atoms with E-state index >= 15 is 0 Å². The number of carbonyl (C=O) groups is 1. The molecule has 25 heavy (non-hydrogen) atoms. The predicted molar refractivity (Wildman–Crippen MR) is 107 cm³/mol. The second kappa shape index (κ2) is 7.61. The predicted octanol–water partition coefficient (Wildman–Crippen LogP) is 3.22. The third-order valence-electron chi connectivity index (χ3n) is 3.48.